The third kappa shape index (κ3) is 4.98. The summed E-state index contributed by atoms with van der Waals surface area (Å²) in [6.07, 6.45) is 0. The van der Waals surface area contributed by atoms with Crippen LogP contribution < -0.4 is 15.4 Å². The zero-order valence-corrected chi connectivity index (χ0v) is 14.1. The van der Waals surface area contributed by atoms with E-state index in [2.05, 4.69) is 16.7 Å². The first-order valence-corrected chi connectivity index (χ1v) is 8.18. The molecule has 0 aromatic heterocycles. The van der Waals surface area contributed by atoms with E-state index in [0.29, 0.717) is 6.54 Å². The van der Waals surface area contributed by atoms with Crippen LogP contribution in [-0.4, -0.2) is 7.11 Å². The molecule has 0 aliphatic carbocycles. The van der Waals surface area contributed by atoms with E-state index in [1.54, 1.807) is 19.2 Å². The van der Waals surface area contributed by atoms with E-state index in [1.165, 1.54) is 17.7 Å². The molecule has 0 atom stereocenters. The van der Waals surface area contributed by atoms with E-state index in [-0.39, 0.29) is 5.82 Å². The summed E-state index contributed by atoms with van der Waals surface area (Å²) in [5, 5.41) is 6.77. The zero-order chi connectivity index (χ0) is 17.5. The number of methoxy groups -OCH3 is 1. The maximum absolute atomic E-state index is 12.9. The van der Waals surface area contributed by atoms with Gasteiger partial charge < -0.3 is 15.4 Å². The molecule has 0 aliphatic rings. The number of anilines is 2. The van der Waals surface area contributed by atoms with Gasteiger partial charge in [0.25, 0.3) is 0 Å². The topological polar surface area (TPSA) is 33.3 Å². The van der Waals surface area contributed by atoms with Crippen LogP contribution >= 0.6 is 0 Å². The van der Waals surface area contributed by atoms with Crippen molar-refractivity contribution in [1.29, 1.82) is 0 Å². The lowest BCUT2D eigenvalue weighted by molar-refractivity contribution is 0.414. The maximum atomic E-state index is 12.9. The Balaban J connectivity index is 1.56. The van der Waals surface area contributed by atoms with Gasteiger partial charge in [-0.1, -0.05) is 30.3 Å². The van der Waals surface area contributed by atoms with Crippen LogP contribution in [0.5, 0.6) is 5.75 Å². The molecule has 2 N–H and O–H groups in total. The van der Waals surface area contributed by atoms with E-state index < -0.39 is 0 Å². The van der Waals surface area contributed by atoms with Crippen molar-refractivity contribution >= 4 is 11.4 Å². The number of nitrogens with one attached hydrogen (secondary N) is 2. The largest absolute Gasteiger partial charge is 0.497 e. The van der Waals surface area contributed by atoms with Crippen LogP contribution in [-0.2, 0) is 13.1 Å². The first-order chi connectivity index (χ1) is 12.2. The Morgan fingerprint density at radius 2 is 1.28 bits per heavy atom. The summed E-state index contributed by atoms with van der Waals surface area (Å²) in [5.41, 5.74) is 4.28. The lowest BCUT2D eigenvalue weighted by atomic mass is 10.2. The van der Waals surface area contributed by atoms with Gasteiger partial charge in [0.15, 0.2) is 0 Å². The molecule has 128 valence electrons. The second-order valence-corrected chi connectivity index (χ2v) is 5.76. The predicted molar refractivity (Wildman–Crippen MR) is 100 cm³/mol. The molecule has 3 aromatic rings. The lowest BCUT2D eigenvalue weighted by Crippen LogP contribution is -2.02. The Bertz CT molecular complexity index is 801. The van der Waals surface area contributed by atoms with Crippen molar-refractivity contribution in [3.63, 3.8) is 0 Å². The molecule has 0 saturated carbocycles. The molecule has 3 rings (SSSR count). The molecular formula is C21H21FN2O. The molecule has 0 bridgehead atoms. The number of ether oxygens (including phenoxy) is 1. The fourth-order valence-corrected chi connectivity index (χ4v) is 2.49. The summed E-state index contributed by atoms with van der Waals surface area (Å²) in [6, 6.07) is 22.6. The smallest absolute Gasteiger partial charge is 0.123 e. The van der Waals surface area contributed by atoms with E-state index in [4.69, 9.17) is 4.74 Å². The van der Waals surface area contributed by atoms with Crippen LogP contribution in [0.3, 0.4) is 0 Å². The van der Waals surface area contributed by atoms with Crippen molar-refractivity contribution in [2.45, 2.75) is 13.1 Å². The molecule has 0 amide bonds. The zero-order valence-electron chi connectivity index (χ0n) is 14.1. The van der Waals surface area contributed by atoms with Gasteiger partial charge in [-0.15, -0.1) is 0 Å². The summed E-state index contributed by atoms with van der Waals surface area (Å²) in [5.74, 6) is 0.643. The Hall–Kier alpha value is -3.01. The fraction of sp³-hybridized carbons (Fsp3) is 0.143. The van der Waals surface area contributed by atoms with Crippen LogP contribution in [0.1, 0.15) is 11.1 Å². The van der Waals surface area contributed by atoms with E-state index in [1.807, 2.05) is 42.5 Å². The highest BCUT2D eigenvalue weighted by atomic mass is 19.1. The lowest BCUT2D eigenvalue weighted by Gasteiger charge is -2.11. The predicted octanol–water partition coefficient (Wildman–Crippen LogP) is 5.06. The van der Waals surface area contributed by atoms with Crippen molar-refractivity contribution in [1.82, 2.24) is 0 Å². The number of halogens is 1. The normalized spacial score (nSPS) is 10.3. The van der Waals surface area contributed by atoms with Gasteiger partial charge in [0.1, 0.15) is 11.6 Å². The van der Waals surface area contributed by atoms with Gasteiger partial charge in [-0.05, 0) is 53.6 Å². The maximum Gasteiger partial charge on any atom is 0.123 e. The quantitative estimate of drug-likeness (QED) is 0.633. The number of hydrogen-bond donors (Lipinski definition) is 2. The average molecular weight is 336 g/mol. The summed E-state index contributed by atoms with van der Waals surface area (Å²) in [7, 11) is 1.66. The van der Waals surface area contributed by atoms with Crippen LogP contribution in [0.4, 0.5) is 15.8 Å². The first-order valence-electron chi connectivity index (χ1n) is 8.18. The number of benzene rings is 3. The van der Waals surface area contributed by atoms with Gasteiger partial charge in [-0.3, -0.25) is 0 Å². The highest BCUT2D eigenvalue weighted by Crippen LogP contribution is 2.18. The minimum Gasteiger partial charge on any atom is -0.497 e. The molecule has 0 spiro atoms. The van der Waals surface area contributed by atoms with Gasteiger partial charge in [-0.2, -0.15) is 0 Å². The van der Waals surface area contributed by atoms with E-state index >= 15 is 0 Å². The second-order valence-electron chi connectivity index (χ2n) is 5.76. The first kappa shape index (κ1) is 16.8. The summed E-state index contributed by atoms with van der Waals surface area (Å²) >= 11 is 0. The minimum atomic E-state index is -0.214. The third-order valence-electron chi connectivity index (χ3n) is 3.93. The standard InChI is InChI=1S/C21H21FN2O/c1-25-21-11-7-17(8-12-21)15-24-20-4-2-3-19(13-20)23-14-16-5-9-18(22)10-6-16/h2-13,23-24H,14-15H2,1H3. The number of hydrogen-bond acceptors (Lipinski definition) is 3. The Morgan fingerprint density at radius 1 is 0.760 bits per heavy atom. The van der Waals surface area contributed by atoms with Crippen molar-refractivity contribution in [2.24, 2.45) is 0 Å². The Morgan fingerprint density at radius 3 is 1.80 bits per heavy atom. The second kappa shape index (κ2) is 8.20. The molecule has 0 saturated heterocycles. The van der Waals surface area contributed by atoms with E-state index in [0.717, 1.165) is 29.2 Å². The van der Waals surface area contributed by atoms with Gasteiger partial charge >= 0.3 is 0 Å². The Labute approximate surface area is 147 Å². The summed E-state index contributed by atoms with van der Waals surface area (Å²) in [4.78, 5) is 0. The minimum absolute atomic E-state index is 0.214. The molecule has 4 heteroatoms. The molecule has 25 heavy (non-hydrogen) atoms. The fourth-order valence-electron chi connectivity index (χ4n) is 2.49. The van der Waals surface area contributed by atoms with Gasteiger partial charge in [0.2, 0.25) is 0 Å². The molecule has 0 aliphatic heterocycles. The van der Waals surface area contributed by atoms with Crippen LogP contribution in [0.25, 0.3) is 0 Å². The summed E-state index contributed by atoms with van der Waals surface area (Å²) in [6.45, 7) is 1.40. The highest BCUT2D eigenvalue weighted by molar-refractivity contribution is 5.57. The van der Waals surface area contributed by atoms with Crippen LogP contribution in [0.15, 0.2) is 72.8 Å². The van der Waals surface area contributed by atoms with Crippen molar-refractivity contribution in [2.75, 3.05) is 17.7 Å². The molecule has 0 unspecified atom stereocenters. The van der Waals surface area contributed by atoms with Gasteiger partial charge in [-0.25, -0.2) is 4.39 Å². The van der Waals surface area contributed by atoms with Gasteiger partial charge in [0, 0.05) is 24.5 Å². The molecule has 0 heterocycles. The number of rotatable bonds is 7. The van der Waals surface area contributed by atoms with Crippen molar-refractivity contribution in [3.05, 3.63) is 89.7 Å². The van der Waals surface area contributed by atoms with Gasteiger partial charge in [0.05, 0.1) is 7.11 Å². The monoisotopic (exact) mass is 336 g/mol. The third-order valence-corrected chi connectivity index (χ3v) is 3.93. The average Bonchev–Trinajstić information content (AvgIpc) is 2.67. The molecule has 0 fully saturated rings. The molecule has 3 nitrogen and oxygen atoms in total. The SMILES string of the molecule is COc1ccc(CNc2cccc(NCc3ccc(F)cc3)c2)cc1. The Kier molecular flexibility index (Phi) is 5.52. The summed E-state index contributed by atoms with van der Waals surface area (Å²) < 4.78 is 18.1. The van der Waals surface area contributed by atoms with Crippen LogP contribution in [0, 0.1) is 5.82 Å². The highest BCUT2D eigenvalue weighted by Gasteiger charge is 1.99. The molecule has 3 aromatic carbocycles. The van der Waals surface area contributed by atoms with E-state index in [9.17, 15) is 4.39 Å². The van der Waals surface area contributed by atoms with Crippen molar-refractivity contribution < 1.29 is 9.13 Å². The molecular weight excluding hydrogens is 315 g/mol. The van der Waals surface area contributed by atoms with Crippen molar-refractivity contribution in [3.8, 4) is 5.75 Å². The molecule has 0 radical (unpaired) electrons. The van der Waals surface area contributed by atoms with Crippen LogP contribution in [0.2, 0.25) is 0 Å².